The van der Waals surface area contributed by atoms with Crippen LogP contribution in [0.2, 0.25) is 0 Å². The van der Waals surface area contributed by atoms with Gasteiger partial charge >= 0.3 is 18.0 Å². The number of carbonyl (C=O) groups excluding carboxylic acids is 3. The highest BCUT2D eigenvalue weighted by molar-refractivity contribution is 5.91. The highest BCUT2D eigenvalue weighted by atomic mass is 16.5. The number of hydrogen-bond acceptors (Lipinski definition) is 5. The van der Waals surface area contributed by atoms with Gasteiger partial charge in [-0.2, -0.15) is 0 Å². The van der Waals surface area contributed by atoms with Crippen LogP contribution in [0.3, 0.4) is 0 Å². The summed E-state index contributed by atoms with van der Waals surface area (Å²) in [7, 11) is 1.20. The lowest BCUT2D eigenvalue weighted by atomic mass is 10.1. The average molecular weight is 258 g/mol. The second kappa shape index (κ2) is 8.10. The van der Waals surface area contributed by atoms with Gasteiger partial charge < -0.3 is 20.5 Å². The van der Waals surface area contributed by atoms with E-state index in [0.29, 0.717) is 0 Å². The van der Waals surface area contributed by atoms with Crippen molar-refractivity contribution >= 4 is 18.0 Å². The molecule has 0 fully saturated rings. The molecule has 1 atom stereocenters. The van der Waals surface area contributed by atoms with Crippen molar-refractivity contribution in [2.45, 2.75) is 19.9 Å². The summed E-state index contributed by atoms with van der Waals surface area (Å²) in [6.45, 7) is 3.67. The fraction of sp³-hybridized carbons (Fsp3) is 0.545. The van der Waals surface area contributed by atoms with E-state index < -0.39 is 18.0 Å². The molecule has 2 amide bonds. The lowest BCUT2D eigenvalue weighted by Crippen LogP contribution is -2.44. The fourth-order valence-corrected chi connectivity index (χ4v) is 1.01. The van der Waals surface area contributed by atoms with Gasteiger partial charge in [-0.05, 0) is 5.92 Å². The van der Waals surface area contributed by atoms with Crippen molar-refractivity contribution in [1.82, 2.24) is 5.32 Å². The number of primary amides is 1. The number of rotatable bonds is 6. The number of amides is 2. The Kier molecular flexibility index (Phi) is 7.18. The van der Waals surface area contributed by atoms with Crippen molar-refractivity contribution in [3.63, 3.8) is 0 Å². The van der Waals surface area contributed by atoms with E-state index in [9.17, 15) is 14.4 Å². The molecule has 0 rings (SSSR count). The summed E-state index contributed by atoms with van der Waals surface area (Å²) in [6, 6.07) is -1.06. The monoisotopic (exact) mass is 258 g/mol. The van der Waals surface area contributed by atoms with Crippen LogP contribution in [0.5, 0.6) is 0 Å². The Morgan fingerprint density at radius 2 is 1.78 bits per heavy atom. The first-order chi connectivity index (χ1) is 8.36. The molecule has 102 valence electrons. The van der Waals surface area contributed by atoms with E-state index in [4.69, 9.17) is 10.5 Å². The Labute approximate surface area is 105 Å². The second-order valence-electron chi connectivity index (χ2n) is 3.85. The summed E-state index contributed by atoms with van der Waals surface area (Å²) in [5.74, 6) is -1.30. The Morgan fingerprint density at radius 1 is 1.22 bits per heavy atom. The highest BCUT2D eigenvalue weighted by Gasteiger charge is 2.16. The molecule has 7 heteroatoms. The molecule has 0 saturated carbocycles. The van der Waals surface area contributed by atoms with Crippen LogP contribution in [-0.4, -0.2) is 37.7 Å². The van der Waals surface area contributed by atoms with Gasteiger partial charge in [0.15, 0.2) is 0 Å². The summed E-state index contributed by atoms with van der Waals surface area (Å²) in [5.41, 5.74) is 4.99. The van der Waals surface area contributed by atoms with Crippen LogP contribution in [0.1, 0.15) is 13.8 Å². The van der Waals surface area contributed by atoms with Gasteiger partial charge in [-0.3, -0.25) is 0 Å². The highest BCUT2D eigenvalue weighted by Crippen LogP contribution is 2.02. The maximum Gasteiger partial charge on any atom is 0.331 e. The molecule has 18 heavy (non-hydrogen) atoms. The molecule has 0 unspecified atom stereocenters. The van der Waals surface area contributed by atoms with Gasteiger partial charge in [0.25, 0.3) is 0 Å². The lowest BCUT2D eigenvalue weighted by Gasteiger charge is -2.20. The van der Waals surface area contributed by atoms with Crippen molar-refractivity contribution in [1.29, 1.82) is 0 Å². The van der Waals surface area contributed by atoms with Crippen LogP contribution < -0.4 is 11.1 Å². The molecule has 0 aliphatic heterocycles. The van der Waals surface area contributed by atoms with Crippen LogP contribution >= 0.6 is 0 Å². The lowest BCUT2D eigenvalue weighted by molar-refractivity contribution is -0.140. The van der Waals surface area contributed by atoms with Crippen LogP contribution in [0.15, 0.2) is 12.2 Å². The summed E-state index contributed by atoms with van der Waals surface area (Å²) in [4.78, 5) is 32.6. The molecule has 0 heterocycles. The maximum absolute atomic E-state index is 11.2. The Hall–Kier alpha value is -2.05. The van der Waals surface area contributed by atoms with Crippen LogP contribution in [0.4, 0.5) is 4.79 Å². The molecule has 0 aromatic rings. The van der Waals surface area contributed by atoms with E-state index in [1.807, 2.05) is 13.8 Å². The number of nitrogens with one attached hydrogen (secondary N) is 1. The molecule has 3 N–H and O–H groups in total. The minimum absolute atomic E-state index is 0.0229. The van der Waals surface area contributed by atoms with Gasteiger partial charge in [0.05, 0.1) is 13.2 Å². The molecule has 0 radical (unpaired) electrons. The zero-order valence-corrected chi connectivity index (χ0v) is 10.6. The fourth-order valence-electron chi connectivity index (χ4n) is 1.01. The van der Waals surface area contributed by atoms with Gasteiger partial charge in [0.1, 0.15) is 6.61 Å². The van der Waals surface area contributed by atoms with E-state index in [1.165, 1.54) is 7.11 Å². The predicted octanol–water partition coefficient (Wildman–Crippen LogP) is -0.0483. The maximum atomic E-state index is 11.2. The molecular formula is C11H18N2O5. The van der Waals surface area contributed by atoms with E-state index in [1.54, 1.807) is 0 Å². The number of nitrogens with two attached hydrogens (primary N) is 1. The molecular weight excluding hydrogens is 240 g/mol. The second-order valence-corrected chi connectivity index (χ2v) is 3.85. The van der Waals surface area contributed by atoms with Crippen molar-refractivity contribution < 1.29 is 23.9 Å². The number of carbonyl (C=O) groups is 3. The summed E-state index contributed by atoms with van der Waals surface area (Å²) >= 11 is 0. The number of methoxy groups -OCH3 is 1. The predicted molar refractivity (Wildman–Crippen MR) is 63.5 cm³/mol. The third-order valence-electron chi connectivity index (χ3n) is 2.09. The first-order valence-corrected chi connectivity index (χ1v) is 5.35. The minimum Gasteiger partial charge on any atom is -0.466 e. The zero-order chi connectivity index (χ0) is 14.1. The molecule has 0 aliphatic carbocycles. The third-order valence-corrected chi connectivity index (χ3v) is 2.09. The molecule has 0 saturated heterocycles. The molecule has 0 bridgehead atoms. The van der Waals surface area contributed by atoms with Gasteiger partial charge in [-0.15, -0.1) is 0 Å². The normalized spacial score (nSPS) is 12.2. The smallest absolute Gasteiger partial charge is 0.331 e. The van der Waals surface area contributed by atoms with Gasteiger partial charge in [0, 0.05) is 12.2 Å². The average Bonchev–Trinajstić information content (AvgIpc) is 2.30. The zero-order valence-electron chi connectivity index (χ0n) is 10.6. The van der Waals surface area contributed by atoms with Gasteiger partial charge in [-0.1, -0.05) is 13.8 Å². The van der Waals surface area contributed by atoms with E-state index in [2.05, 4.69) is 10.1 Å². The summed E-state index contributed by atoms with van der Waals surface area (Å²) in [5, 5.41) is 2.46. The standard InChI is InChI=1S/C11H18N2O5/c1-7(2)8(13-11(12)16)6-18-10(15)5-4-9(14)17-3/h4-5,7-8H,6H2,1-3H3,(H3,12,13,16)/b5-4+/t8-/m0/s1. The first-order valence-electron chi connectivity index (χ1n) is 5.35. The quantitative estimate of drug-likeness (QED) is 0.513. The molecule has 0 aromatic heterocycles. The number of urea groups is 1. The number of hydrogen-bond donors (Lipinski definition) is 2. The van der Waals surface area contributed by atoms with Crippen molar-refractivity contribution in [3.8, 4) is 0 Å². The first kappa shape index (κ1) is 16.0. The minimum atomic E-state index is -0.697. The Balaban J connectivity index is 4.19. The van der Waals surface area contributed by atoms with Crippen LogP contribution in [0.25, 0.3) is 0 Å². The number of esters is 2. The molecule has 0 spiro atoms. The van der Waals surface area contributed by atoms with Crippen LogP contribution in [-0.2, 0) is 19.1 Å². The van der Waals surface area contributed by atoms with Crippen molar-refractivity contribution in [2.24, 2.45) is 11.7 Å². The molecule has 7 nitrogen and oxygen atoms in total. The van der Waals surface area contributed by atoms with E-state index in [-0.39, 0.29) is 18.6 Å². The van der Waals surface area contributed by atoms with Crippen LogP contribution in [0, 0.1) is 5.92 Å². The Bertz CT molecular complexity index is 338. The SMILES string of the molecule is COC(=O)/C=C/C(=O)OC[C@H](NC(N)=O)C(C)C. The van der Waals surface area contributed by atoms with E-state index >= 15 is 0 Å². The van der Waals surface area contributed by atoms with Crippen molar-refractivity contribution in [2.75, 3.05) is 13.7 Å². The molecule has 0 aromatic carbocycles. The summed E-state index contributed by atoms with van der Waals surface area (Å²) < 4.78 is 9.17. The summed E-state index contributed by atoms with van der Waals surface area (Å²) in [6.07, 6.45) is 1.90. The van der Waals surface area contributed by atoms with Crippen molar-refractivity contribution in [3.05, 3.63) is 12.2 Å². The largest absolute Gasteiger partial charge is 0.466 e. The van der Waals surface area contributed by atoms with E-state index in [0.717, 1.165) is 12.2 Å². The third kappa shape index (κ3) is 7.26. The molecule has 0 aliphatic rings. The van der Waals surface area contributed by atoms with Gasteiger partial charge in [0.2, 0.25) is 0 Å². The van der Waals surface area contributed by atoms with Gasteiger partial charge in [-0.25, -0.2) is 14.4 Å². The topological polar surface area (TPSA) is 108 Å². The number of ether oxygens (including phenoxy) is 2. The Morgan fingerprint density at radius 3 is 2.22 bits per heavy atom.